The highest BCUT2D eigenvalue weighted by molar-refractivity contribution is 7.98. The van der Waals surface area contributed by atoms with E-state index in [1.165, 1.54) is 6.26 Å². The molecule has 1 aromatic carbocycles. The Bertz CT molecular complexity index is 601. The minimum atomic E-state index is -0.733. The summed E-state index contributed by atoms with van der Waals surface area (Å²) < 4.78 is 5.15. The normalized spacial score (nSPS) is 13.4. The average Bonchev–Trinajstić information content (AvgIpc) is 3.01. The van der Waals surface area contributed by atoms with Gasteiger partial charge in [0, 0.05) is 17.4 Å². The lowest BCUT2D eigenvalue weighted by Gasteiger charge is -2.17. The Hall–Kier alpha value is -1.92. The molecule has 0 saturated carbocycles. The fourth-order valence-corrected chi connectivity index (χ4v) is 2.67. The smallest absolute Gasteiger partial charge is 0.319 e. The summed E-state index contributed by atoms with van der Waals surface area (Å²) in [6.07, 6.45) is 3.12. The van der Waals surface area contributed by atoms with E-state index in [1.54, 1.807) is 23.9 Å². The number of carbonyl (C=O) groups is 1. The maximum Gasteiger partial charge on any atom is 0.319 e. The van der Waals surface area contributed by atoms with Crippen molar-refractivity contribution in [1.82, 2.24) is 5.32 Å². The van der Waals surface area contributed by atoms with E-state index in [1.807, 2.05) is 37.4 Å². The van der Waals surface area contributed by atoms with E-state index in [0.717, 1.165) is 10.6 Å². The fourth-order valence-electron chi connectivity index (χ4n) is 2.12. The predicted molar refractivity (Wildman–Crippen MR) is 88.1 cm³/mol. The molecule has 22 heavy (non-hydrogen) atoms. The quantitative estimate of drug-likeness (QED) is 0.710. The molecular formula is C16H20N2O3S. The Morgan fingerprint density at radius 1 is 1.32 bits per heavy atom. The Balaban J connectivity index is 1.86. The molecule has 2 rings (SSSR count). The van der Waals surface area contributed by atoms with Gasteiger partial charge >= 0.3 is 6.03 Å². The molecule has 0 radical (unpaired) electrons. The number of aliphatic hydroxyl groups excluding tert-OH is 1. The minimum Gasteiger partial charge on any atom is -0.467 e. The standard InChI is InChI=1S/C16H20N2O3S/c1-11(10-13(19)14-7-5-9-21-14)17-16(20)18-12-6-3-4-8-15(12)22-2/h3-9,11,13,19H,10H2,1-2H3,(H2,17,18,20). The molecule has 0 spiro atoms. The Morgan fingerprint density at radius 3 is 2.77 bits per heavy atom. The van der Waals surface area contributed by atoms with Crippen molar-refractivity contribution in [2.75, 3.05) is 11.6 Å². The lowest BCUT2D eigenvalue weighted by Crippen LogP contribution is -2.37. The third kappa shape index (κ3) is 4.54. The summed E-state index contributed by atoms with van der Waals surface area (Å²) in [6.45, 7) is 1.84. The zero-order valence-corrected chi connectivity index (χ0v) is 13.4. The number of amides is 2. The van der Waals surface area contributed by atoms with Crippen LogP contribution in [0.15, 0.2) is 52.0 Å². The predicted octanol–water partition coefficient (Wildman–Crippen LogP) is 3.64. The molecule has 118 valence electrons. The first kappa shape index (κ1) is 16.5. The summed E-state index contributed by atoms with van der Waals surface area (Å²) >= 11 is 1.57. The van der Waals surface area contributed by atoms with Gasteiger partial charge in [0.1, 0.15) is 11.9 Å². The van der Waals surface area contributed by atoms with Crippen LogP contribution in [0.4, 0.5) is 10.5 Å². The number of hydrogen-bond acceptors (Lipinski definition) is 4. The topological polar surface area (TPSA) is 74.5 Å². The molecule has 0 bridgehead atoms. The van der Waals surface area contributed by atoms with Crippen LogP contribution in [0.2, 0.25) is 0 Å². The molecule has 0 aliphatic carbocycles. The molecular weight excluding hydrogens is 300 g/mol. The lowest BCUT2D eigenvalue weighted by atomic mass is 10.1. The summed E-state index contributed by atoms with van der Waals surface area (Å²) in [5.41, 5.74) is 0.770. The molecule has 0 aliphatic heterocycles. The SMILES string of the molecule is CSc1ccccc1NC(=O)NC(C)CC(O)c1ccco1. The van der Waals surface area contributed by atoms with E-state index in [-0.39, 0.29) is 12.1 Å². The molecule has 2 aromatic rings. The van der Waals surface area contributed by atoms with Gasteiger partial charge in [-0.3, -0.25) is 0 Å². The highest BCUT2D eigenvalue weighted by atomic mass is 32.2. The number of urea groups is 1. The Kier molecular flexibility index (Phi) is 5.91. The van der Waals surface area contributed by atoms with E-state index in [9.17, 15) is 9.90 Å². The molecule has 3 N–H and O–H groups in total. The summed E-state index contributed by atoms with van der Waals surface area (Å²) in [4.78, 5) is 13.0. The van der Waals surface area contributed by atoms with Gasteiger partial charge in [0.2, 0.25) is 0 Å². The van der Waals surface area contributed by atoms with Crippen molar-refractivity contribution in [3.05, 3.63) is 48.4 Å². The molecule has 2 unspecified atom stereocenters. The van der Waals surface area contributed by atoms with Gasteiger partial charge in [-0.15, -0.1) is 11.8 Å². The van der Waals surface area contributed by atoms with Gasteiger partial charge in [-0.25, -0.2) is 4.79 Å². The van der Waals surface area contributed by atoms with Crippen LogP contribution < -0.4 is 10.6 Å². The first-order valence-corrected chi connectivity index (χ1v) is 8.24. The second-order valence-electron chi connectivity index (χ2n) is 4.97. The number of hydrogen-bond donors (Lipinski definition) is 3. The number of nitrogens with one attached hydrogen (secondary N) is 2. The summed E-state index contributed by atoms with van der Waals surface area (Å²) in [5.74, 6) is 0.502. The van der Waals surface area contributed by atoms with Crippen LogP contribution in [-0.4, -0.2) is 23.4 Å². The van der Waals surface area contributed by atoms with E-state index in [4.69, 9.17) is 4.42 Å². The fraction of sp³-hybridized carbons (Fsp3) is 0.312. The minimum absolute atomic E-state index is 0.193. The number of thioether (sulfide) groups is 1. The van der Waals surface area contributed by atoms with E-state index < -0.39 is 6.10 Å². The van der Waals surface area contributed by atoms with Gasteiger partial charge < -0.3 is 20.2 Å². The Morgan fingerprint density at radius 2 is 2.09 bits per heavy atom. The van der Waals surface area contributed by atoms with Crippen molar-refractivity contribution >= 4 is 23.5 Å². The van der Waals surface area contributed by atoms with Gasteiger partial charge in [-0.2, -0.15) is 0 Å². The van der Waals surface area contributed by atoms with Crippen molar-refractivity contribution in [3.8, 4) is 0 Å². The second-order valence-corrected chi connectivity index (χ2v) is 5.81. The second kappa shape index (κ2) is 7.91. The van der Waals surface area contributed by atoms with Crippen molar-refractivity contribution in [1.29, 1.82) is 0 Å². The maximum absolute atomic E-state index is 12.0. The van der Waals surface area contributed by atoms with Crippen LogP contribution in [0.3, 0.4) is 0 Å². The Labute approximate surface area is 134 Å². The molecule has 0 fully saturated rings. The third-order valence-electron chi connectivity index (χ3n) is 3.18. The van der Waals surface area contributed by atoms with Gasteiger partial charge in [0.15, 0.2) is 0 Å². The zero-order chi connectivity index (χ0) is 15.9. The number of anilines is 1. The van der Waals surface area contributed by atoms with E-state index in [0.29, 0.717) is 12.2 Å². The van der Waals surface area contributed by atoms with Crippen LogP contribution in [0.1, 0.15) is 25.2 Å². The van der Waals surface area contributed by atoms with Crippen molar-refractivity contribution < 1.29 is 14.3 Å². The molecule has 5 nitrogen and oxygen atoms in total. The van der Waals surface area contributed by atoms with Gasteiger partial charge in [0.25, 0.3) is 0 Å². The van der Waals surface area contributed by atoms with Crippen LogP contribution in [0.25, 0.3) is 0 Å². The van der Waals surface area contributed by atoms with Crippen LogP contribution in [0.5, 0.6) is 0 Å². The van der Waals surface area contributed by atoms with Crippen LogP contribution in [-0.2, 0) is 0 Å². The molecule has 1 aromatic heterocycles. The molecule has 2 amide bonds. The lowest BCUT2D eigenvalue weighted by molar-refractivity contribution is 0.130. The largest absolute Gasteiger partial charge is 0.467 e. The molecule has 0 saturated heterocycles. The number of furan rings is 1. The van der Waals surface area contributed by atoms with E-state index >= 15 is 0 Å². The summed E-state index contributed by atoms with van der Waals surface area (Å²) in [5, 5.41) is 15.6. The van der Waals surface area contributed by atoms with Crippen molar-refractivity contribution in [2.45, 2.75) is 30.4 Å². The third-order valence-corrected chi connectivity index (χ3v) is 3.98. The first-order valence-electron chi connectivity index (χ1n) is 7.02. The number of rotatable bonds is 6. The monoisotopic (exact) mass is 320 g/mol. The van der Waals surface area contributed by atoms with E-state index in [2.05, 4.69) is 10.6 Å². The molecule has 2 atom stereocenters. The highest BCUT2D eigenvalue weighted by Gasteiger charge is 2.16. The van der Waals surface area contributed by atoms with Gasteiger partial charge in [0.05, 0.1) is 12.0 Å². The molecule has 6 heteroatoms. The number of benzene rings is 1. The van der Waals surface area contributed by atoms with Gasteiger partial charge in [-0.1, -0.05) is 12.1 Å². The summed E-state index contributed by atoms with van der Waals surface area (Å²) in [6, 6.07) is 10.6. The van der Waals surface area contributed by atoms with Gasteiger partial charge in [-0.05, 0) is 37.4 Å². The van der Waals surface area contributed by atoms with Crippen molar-refractivity contribution in [3.63, 3.8) is 0 Å². The van der Waals surface area contributed by atoms with Crippen LogP contribution >= 0.6 is 11.8 Å². The van der Waals surface area contributed by atoms with Crippen molar-refractivity contribution in [2.24, 2.45) is 0 Å². The average molecular weight is 320 g/mol. The maximum atomic E-state index is 12.0. The number of para-hydroxylation sites is 1. The number of aliphatic hydroxyl groups is 1. The summed E-state index contributed by atoms with van der Waals surface area (Å²) in [7, 11) is 0. The molecule has 0 aliphatic rings. The molecule has 1 heterocycles. The first-order chi connectivity index (χ1) is 10.6. The number of carbonyl (C=O) groups excluding carboxylic acids is 1. The van der Waals surface area contributed by atoms with Crippen LogP contribution in [0, 0.1) is 0 Å². The highest BCUT2D eigenvalue weighted by Crippen LogP contribution is 2.24. The zero-order valence-electron chi connectivity index (χ0n) is 12.6.